The molecule has 1 aromatic carbocycles. The Labute approximate surface area is 191 Å². The van der Waals surface area contributed by atoms with Gasteiger partial charge in [0.2, 0.25) is 10.0 Å². The molecule has 2 aromatic rings. The van der Waals surface area contributed by atoms with E-state index in [1.54, 1.807) is 0 Å². The SMILES string of the molecule is Cc1nc(C(F)(F)F)ccc1S(=O)(=O)N1C[C@H](S(=O)(=O)c2ccc(C#N)c(F)c2)[C@](O)(CO)C1. The monoisotopic (exact) mass is 523 g/mol. The average Bonchev–Trinajstić information content (AvgIpc) is 3.12. The lowest BCUT2D eigenvalue weighted by Gasteiger charge is -2.26. The van der Waals surface area contributed by atoms with Gasteiger partial charge in [-0.15, -0.1) is 0 Å². The molecule has 0 radical (unpaired) electrons. The fourth-order valence-electron chi connectivity index (χ4n) is 3.59. The Morgan fingerprint density at radius 1 is 1.24 bits per heavy atom. The second kappa shape index (κ2) is 8.54. The standard InChI is InChI=1S/C19H17F4N3O6S2/c1-11-15(4-5-16(25-11)19(21,22)23)34(31,32)26-8-17(18(28,9-26)10-27)33(29,30)13-3-2-12(7-24)14(20)6-13/h2-6,17,27-28H,8-10H2,1H3/t17-,18+/m0/s1. The summed E-state index contributed by atoms with van der Waals surface area (Å²) in [6.45, 7) is -1.96. The summed E-state index contributed by atoms with van der Waals surface area (Å²) in [6, 6.07) is 4.94. The van der Waals surface area contributed by atoms with Crippen LogP contribution in [0.15, 0.2) is 40.1 Å². The number of alkyl halides is 3. The van der Waals surface area contributed by atoms with Crippen LogP contribution in [0.3, 0.4) is 0 Å². The van der Waals surface area contributed by atoms with Gasteiger partial charge in [0, 0.05) is 13.1 Å². The van der Waals surface area contributed by atoms with Gasteiger partial charge >= 0.3 is 6.18 Å². The van der Waals surface area contributed by atoms with E-state index in [0.29, 0.717) is 22.5 Å². The van der Waals surface area contributed by atoms with Crippen LogP contribution < -0.4 is 0 Å². The van der Waals surface area contributed by atoms with Crippen LogP contribution in [0.1, 0.15) is 17.0 Å². The first kappa shape index (κ1) is 26.0. The van der Waals surface area contributed by atoms with Gasteiger partial charge in [-0.25, -0.2) is 26.2 Å². The van der Waals surface area contributed by atoms with E-state index in [4.69, 9.17) is 5.26 Å². The van der Waals surface area contributed by atoms with E-state index in [0.717, 1.165) is 19.1 Å². The summed E-state index contributed by atoms with van der Waals surface area (Å²) in [5.74, 6) is -1.16. The Morgan fingerprint density at radius 2 is 1.88 bits per heavy atom. The highest BCUT2D eigenvalue weighted by atomic mass is 32.2. The summed E-state index contributed by atoms with van der Waals surface area (Å²) >= 11 is 0. The molecule has 3 rings (SSSR count). The van der Waals surface area contributed by atoms with Crippen molar-refractivity contribution in [3.63, 3.8) is 0 Å². The minimum Gasteiger partial charge on any atom is -0.393 e. The second-order valence-electron chi connectivity index (χ2n) is 7.62. The molecule has 1 saturated heterocycles. The van der Waals surface area contributed by atoms with Gasteiger partial charge in [-0.05, 0) is 37.3 Å². The third kappa shape index (κ3) is 4.39. The molecule has 34 heavy (non-hydrogen) atoms. The molecule has 1 aromatic heterocycles. The smallest absolute Gasteiger partial charge is 0.393 e. The number of hydrogen-bond acceptors (Lipinski definition) is 8. The zero-order valence-electron chi connectivity index (χ0n) is 17.3. The van der Waals surface area contributed by atoms with E-state index in [-0.39, 0.29) is 0 Å². The summed E-state index contributed by atoms with van der Waals surface area (Å²) in [6.07, 6.45) is -4.83. The number of nitrogens with zero attached hydrogens (tertiary/aromatic N) is 3. The molecule has 2 N–H and O–H groups in total. The van der Waals surface area contributed by atoms with E-state index >= 15 is 0 Å². The third-order valence-electron chi connectivity index (χ3n) is 5.40. The largest absolute Gasteiger partial charge is 0.433 e. The molecule has 15 heteroatoms. The van der Waals surface area contributed by atoms with Crippen LogP contribution in [0.5, 0.6) is 0 Å². The van der Waals surface area contributed by atoms with Crippen molar-refractivity contribution in [3.8, 4) is 6.07 Å². The summed E-state index contributed by atoms with van der Waals surface area (Å²) in [5, 5.41) is 27.3. The van der Waals surface area contributed by atoms with E-state index in [1.807, 2.05) is 0 Å². The maximum atomic E-state index is 14.0. The molecule has 2 heterocycles. The van der Waals surface area contributed by atoms with Crippen LogP contribution >= 0.6 is 0 Å². The number of sulfonamides is 1. The molecule has 0 bridgehead atoms. The zero-order chi connectivity index (χ0) is 25.7. The van der Waals surface area contributed by atoms with Crippen molar-refractivity contribution < 1.29 is 44.6 Å². The summed E-state index contributed by atoms with van der Waals surface area (Å²) in [4.78, 5) is 1.94. The molecule has 0 unspecified atom stereocenters. The number of aliphatic hydroxyl groups is 2. The molecular formula is C19H17F4N3O6S2. The maximum absolute atomic E-state index is 14.0. The van der Waals surface area contributed by atoms with Crippen LogP contribution in [0.4, 0.5) is 17.6 Å². The maximum Gasteiger partial charge on any atom is 0.433 e. The van der Waals surface area contributed by atoms with Crippen LogP contribution in [0.2, 0.25) is 0 Å². The lowest BCUT2D eigenvalue weighted by Crippen LogP contribution is -2.49. The van der Waals surface area contributed by atoms with Crippen molar-refractivity contribution in [1.29, 1.82) is 5.26 Å². The van der Waals surface area contributed by atoms with E-state index in [1.165, 1.54) is 6.07 Å². The van der Waals surface area contributed by atoms with Crippen molar-refractivity contribution >= 4 is 19.9 Å². The molecule has 0 amide bonds. The van der Waals surface area contributed by atoms with Crippen molar-refractivity contribution in [1.82, 2.24) is 9.29 Å². The molecule has 0 saturated carbocycles. The van der Waals surface area contributed by atoms with Crippen molar-refractivity contribution in [3.05, 3.63) is 53.1 Å². The van der Waals surface area contributed by atoms with Crippen LogP contribution in [0.25, 0.3) is 0 Å². The fraction of sp³-hybridized carbons (Fsp3) is 0.368. The topological polar surface area (TPSA) is 149 Å². The lowest BCUT2D eigenvalue weighted by molar-refractivity contribution is -0.141. The number of sulfone groups is 1. The first-order valence-electron chi connectivity index (χ1n) is 9.39. The number of benzene rings is 1. The number of β-amino-alcohol motifs (C(OH)–C–C–N with tert-alkyl or cyclic N) is 1. The van der Waals surface area contributed by atoms with Gasteiger partial charge in [0.15, 0.2) is 9.84 Å². The number of nitriles is 1. The molecule has 0 spiro atoms. The third-order valence-corrected chi connectivity index (χ3v) is 9.60. The number of aryl methyl sites for hydroxylation is 1. The minimum atomic E-state index is -4.83. The normalized spacial score (nSPS) is 22.0. The van der Waals surface area contributed by atoms with E-state index in [2.05, 4.69) is 4.98 Å². The number of halogens is 4. The van der Waals surface area contributed by atoms with Crippen LogP contribution in [-0.2, 0) is 26.0 Å². The van der Waals surface area contributed by atoms with Gasteiger partial charge in [-0.1, -0.05) is 0 Å². The number of rotatable bonds is 5. The quantitative estimate of drug-likeness (QED) is 0.552. The molecular weight excluding hydrogens is 506 g/mol. The van der Waals surface area contributed by atoms with E-state index in [9.17, 15) is 44.6 Å². The lowest BCUT2D eigenvalue weighted by atomic mass is 10.1. The van der Waals surface area contributed by atoms with Crippen molar-refractivity contribution in [2.75, 3.05) is 19.7 Å². The highest BCUT2D eigenvalue weighted by Crippen LogP contribution is 2.36. The molecule has 1 aliphatic heterocycles. The molecule has 1 fully saturated rings. The first-order valence-corrected chi connectivity index (χ1v) is 12.4. The number of hydrogen-bond donors (Lipinski definition) is 2. The molecule has 2 atom stereocenters. The van der Waals surface area contributed by atoms with Gasteiger partial charge in [0.1, 0.15) is 33.3 Å². The Hall–Kier alpha value is -2.64. The zero-order valence-corrected chi connectivity index (χ0v) is 18.9. The van der Waals surface area contributed by atoms with Crippen molar-refractivity contribution in [2.45, 2.75) is 33.7 Å². The first-order chi connectivity index (χ1) is 15.6. The number of aliphatic hydroxyl groups excluding tert-OH is 1. The predicted octanol–water partition coefficient (Wildman–Crippen LogP) is 0.990. The Balaban J connectivity index is 2.03. The predicted molar refractivity (Wildman–Crippen MR) is 107 cm³/mol. The van der Waals surface area contributed by atoms with Crippen LogP contribution in [0, 0.1) is 24.1 Å². The highest BCUT2D eigenvalue weighted by molar-refractivity contribution is 7.92. The summed E-state index contributed by atoms with van der Waals surface area (Å²) in [5.41, 5.74) is -4.80. The highest BCUT2D eigenvalue weighted by Gasteiger charge is 2.55. The van der Waals surface area contributed by atoms with Gasteiger partial charge < -0.3 is 10.2 Å². The van der Waals surface area contributed by atoms with Gasteiger partial charge in [-0.2, -0.15) is 22.7 Å². The Morgan fingerprint density at radius 3 is 2.38 bits per heavy atom. The number of pyridine rings is 1. The Kier molecular flexibility index (Phi) is 6.52. The summed E-state index contributed by atoms with van der Waals surface area (Å²) in [7, 11) is -9.30. The molecule has 1 aliphatic rings. The average molecular weight is 523 g/mol. The van der Waals surface area contributed by atoms with Crippen LogP contribution in [-0.4, -0.2) is 66.9 Å². The molecule has 9 nitrogen and oxygen atoms in total. The number of aromatic nitrogens is 1. The molecule has 184 valence electrons. The van der Waals surface area contributed by atoms with Gasteiger partial charge in [0.25, 0.3) is 0 Å². The Bertz CT molecular complexity index is 1390. The summed E-state index contributed by atoms with van der Waals surface area (Å²) < 4.78 is 106. The molecule has 0 aliphatic carbocycles. The fourth-order valence-corrected chi connectivity index (χ4v) is 7.32. The second-order valence-corrected chi connectivity index (χ2v) is 11.7. The van der Waals surface area contributed by atoms with E-state index < -0.39 is 89.1 Å². The van der Waals surface area contributed by atoms with Crippen molar-refractivity contribution in [2.24, 2.45) is 0 Å². The van der Waals surface area contributed by atoms with Gasteiger partial charge in [0.05, 0.1) is 22.8 Å². The van der Waals surface area contributed by atoms with Gasteiger partial charge in [-0.3, -0.25) is 0 Å². The minimum absolute atomic E-state index is 0.446.